The third-order valence-electron chi connectivity index (χ3n) is 15.7. The Balaban J connectivity index is 0.00000372. The molecule has 5 heterocycles. The monoisotopic (exact) mass is 780 g/mol. The second kappa shape index (κ2) is 16.0. The number of carboxylic acids is 1. The van der Waals surface area contributed by atoms with Crippen LogP contribution in [0.1, 0.15) is 108 Å². The van der Waals surface area contributed by atoms with Crippen LogP contribution in [0.2, 0.25) is 0 Å². The quantitative estimate of drug-likeness (QED) is 0.202. The van der Waals surface area contributed by atoms with Gasteiger partial charge in [0.05, 0.1) is 49.3 Å². The van der Waals surface area contributed by atoms with Crippen LogP contribution >= 0.6 is 0 Å². The van der Waals surface area contributed by atoms with Crippen LogP contribution in [0.15, 0.2) is 24.3 Å². The van der Waals surface area contributed by atoms with Gasteiger partial charge in [-0.2, -0.15) is 0 Å². The summed E-state index contributed by atoms with van der Waals surface area (Å²) in [5.41, 5.74) is 1.05. The molecule has 0 amide bonds. The van der Waals surface area contributed by atoms with Gasteiger partial charge in [0.1, 0.15) is 11.9 Å². The van der Waals surface area contributed by atoms with Gasteiger partial charge >= 0.3 is 5.97 Å². The Morgan fingerprint density at radius 3 is 1.26 bits per heavy atom. The molecule has 1 aromatic rings. The summed E-state index contributed by atoms with van der Waals surface area (Å²) < 4.78 is 6.95. The summed E-state index contributed by atoms with van der Waals surface area (Å²) in [5, 5.41) is 43.0. The summed E-state index contributed by atoms with van der Waals surface area (Å²) >= 11 is 0. The molecule has 9 fully saturated rings. The summed E-state index contributed by atoms with van der Waals surface area (Å²) in [7, 11) is 0. The minimum absolute atomic E-state index is 0. The Bertz CT molecular complexity index is 1420. The maximum Gasteiger partial charge on any atom is 0.303 e. The second-order valence-corrected chi connectivity index (χ2v) is 18.4. The predicted octanol–water partition coefficient (Wildman–Crippen LogP) is 3.68. The summed E-state index contributed by atoms with van der Waals surface area (Å²) in [6.07, 6.45) is 22.4. The first-order valence-corrected chi connectivity index (χ1v) is 21.6. The zero-order valence-electron chi connectivity index (χ0n) is 31.6. The Morgan fingerprint density at radius 1 is 0.509 bits per heavy atom. The fourth-order valence-electron chi connectivity index (χ4n) is 13.3. The minimum atomic E-state index is -0.754. The summed E-state index contributed by atoms with van der Waals surface area (Å²) in [4.78, 5) is 11.2. The van der Waals surface area contributed by atoms with Gasteiger partial charge in [0.15, 0.2) is 0 Å². The molecular formula is C41H64N8O3Zn. The molecule has 12 heteroatoms. The number of aliphatic carboxylic acids is 1. The summed E-state index contributed by atoms with van der Waals surface area (Å²) in [6.45, 7) is 0. The normalized spacial score (nSPS) is 47.4. The van der Waals surface area contributed by atoms with E-state index in [2.05, 4.69) is 54.7 Å². The standard InChI is InChI=1S/C41H64N8O3.Zn/c50-32(51)21-18-22-16-19-23(20-17-22)52-31-15-7-14-30-33(31)41-48-39-29-13-6-5-12-28(29)37(46-39)44-35-25-9-2-1-8-24(25)34(42-35)43-36-26-10-3-4-11-27(26)38(45-36)47-40(30)49-41;/h16-17,19-20,24-31,33-49H,1-15,18,21H2,(H,50,51);. The van der Waals surface area contributed by atoms with Crippen molar-refractivity contribution in [2.75, 3.05) is 0 Å². The van der Waals surface area contributed by atoms with Crippen LogP contribution in [0.3, 0.4) is 0 Å². The van der Waals surface area contributed by atoms with E-state index in [1.165, 1.54) is 89.9 Å². The van der Waals surface area contributed by atoms with Crippen molar-refractivity contribution in [2.24, 2.45) is 47.3 Å². The maximum absolute atomic E-state index is 11.2. The van der Waals surface area contributed by atoms with Gasteiger partial charge in [0.2, 0.25) is 0 Å². The van der Waals surface area contributed by atoms with Gasteiger partial charge in [-0.3, -0.25) is 47.3 Å². The van der Waals surface area contributed by atoms with Crippen molar-refractivity contribution in [1.29, 1.82) is 0 Å². The molecule has 1 aromatic carbocycles. The van der Waals surface area contributed by atoms with E-state index in [1.807, 2.05) is 12.1 Å². The number of benzene rings is 1. The Hall–Kier alpha value is -1.21. The molecule has 4 saturated carbocycles. The Morgan fingerprint density at radius 2 is 0.868 bits per heavy atom. The van der Waals surface area contributed by atoms with E-state index in [0.29, 0.717) is 84.6 Å². The first kappa shape index (κ1) is 37.4. The predicted molar refractivity (Wildman–Crippen MR) is 199 cm³/mol. The van der Waals surface area contributed by atoms with Gasteiger partial charge in [-0.15, -0.1) is 0 Å². The van der Waals surface area contributed by atoms with Gasteiger partial charge < -0.3 is 9.84 Å². The molecule has 0 aromatic heterocycles. The fourth-order valence-corrected chi connectivity index (χ4v) is 13.3. The number of nitrogens with one attached hydrogen (secondary N) is 8. The molecule has 9 N–H and O–H groups in total. The molecule has 11 nitrogen and oxygen atoms in total. The zero-order valence-corrected chi connectivity index (χ0v) is 34.6. The van der Waals surface area contributed by atoms with Crippen LogP contribution in [0, 0.1) is 47.3 Å². The SMILES string of the molecule is O=C(O)CCc1ccc(OC2CCCC3C4NC5NC(NC6NC(NC7NC(NC(N4)C23)C2CCCCC72)C2CCCCC62)C2CCCCC52)cc1.[Zn]. The number of fused-ring (bicyclic) bond motifs is 20. The Labute approximate surface area is 329 Å². The van der Waals surface area contributed by atoms with Gasteiger partial charge in [0, 0.05) is 31.8 Å². The van der Waals surface area contributed by atoms with Gasteiger partial charge in [-0.25, -0.2) is 0 Å². The van der Waals surface area contributed by atoms with Crippen LogP contribution in [-0.4, -0.2) is 66.5 Å². The number of carboxylic acid groups (broad SMARTS) is 1. The molecule has 53 heavy (non-hydrogen) atoms. The minimum Gasteiger partial charge on any atom is -0.490 e. The number of aryl methyl sites for hydroxylation is 1. The molecule has 288 valence electrons. The molecule has 10 rings (SSSR count). The van der Waals surface area contributed by atoms with Gasteiger partial charge in [-0.1, -0.05) is 50.7 Å². The third-order valence-corrected chi connectivity index (χ3v) is 15.7. The van der Waals surface area contributed by atoms with Crippen LogP contribution in [0.4, 0.5) is 0 Å². The van der Waals surface area contributed by atoms with E-state index < -0.39 is 5.97 Å². The average Bonchev–Trinajstić information content (AvgIpc) is 3.91. The number of carbonyl (C=O) groups is 1. The van der Waals surface area contributed by atoms with E-state index in [1.54, 1.807) is 0 Å². The number of ether oxygens (including phenoxy) is 1. The summed E-state index contributed by atoms with van der Waals surface area (Å²) in [5.74, 6) is 4.88. The molecule has 9 aliphatic rings. The second-order valence-electron chi connectivity index (χ2n) is 18.4. The largest absolute Gasteiger partial charge is 0.490 e. The molecular weight excluding hydrogens is 718 g/mol. The van der Waals surface area contributed by atoms with Crippen LogP contribution in [-0.2, 0) is 30.7 Å². The summed E-state index contributed by atoms with van der Waals surface area (Å²) in [6, 6.07) is 8.21. The topological polar surface area (TPSA) is 143 Å². The molecule has 5 aliphatic heterocycles. The Kier molecular flexibility index (Phi) is 11.3. The molecule has 17 atom stereocenters. The fraction of sp³-hybridized carbons (Fsp3) is 0.829. The molecule has 8 bridgehead atoms. The van der Waals surface area contributed by atoms with Crippen molar-refractivity contribution >= 4 is 5.97 Å². The van der Waals surface area contributed by atoms with Crippen LogP contribution < -0.4 is 47.3 Å². The van der Waals surface area contributed by atoms with E-state index in [-0.39, 0.29) is 50.5 Å². The van der Waals surface area contributed by atoms with Crippen molar-refractivity contribution in [3.63, 3.8) is 0 Å². The number of hydrogen-bond acceptors (Lipinski definition) is 10. The average molecular weight is 782 g/mol. The first-order chi connectivity index (χ1) is 25.6. The van der Waals surface area contributed by atoms with Crippen molar-refractivity contribution in [2.45, 2.75) is 165 Å². The van der Waals surface area contributed by atoms with E-state index in [4.69, 9.17) is 9.84 Å². The van der Waals surface area contributed by atoms with Crippen LogP contribution in [0.5, 0.6) is 5.75 Å². The maximum atomic E-state index is 11.2. The molecule has 0 radical (unpaired) electrons. The first-order valence-electron chi connectivity index (χ1n) is 21.6. The molecule has 0 spiro atoms. The zero-order chi connectivity index (χ0) is 34.8. The van der Waals surface area contributed by atoms with E-state index in [0.717, 1.165) is 17.7 Å². The van der Waals surface area contributed by atoms with E-state index >= 15 is 0 Å². The number of rotatable bonds is 5. The molecule has 17 unspecified atom stereocenters. The smallest absolute Gasteiger partial charge is 0.303 e. The third kappa shape index (κ3) is 7.29. The molecule has 5 saturated heterocycles. The number of hydrogen-bond donors (Lipinski definition) is 9. The van der Waals surface area contributed by atoms with Crippen molar-refractivity contribution in [1.82, 2.24) is 42.5 Å². The van der Waals surface area contributed by atoms with Crippen molar-refractivity contribution in [3.8, 4) is 5.75 Å². The molecule has 4 aliphatic carbocycles. The van der Waals surface area contributed by atoms with Gasteiger partial charge in [0.25, 0.3) is 0 Å². The van der Waals surface area contributed by atoms with E-state index in [9.17, 15) is 4.79 Å². The van der Waals surface area contributed by atoms with Gasteiger partial charge in [-0.05, 0) is 123 Å². The van der Waals surface area contributed by atoms with Crippen molar-refractivity contribution in [3.05, 3.63) is 29.8 Å². The van der Waals surface area contributed by atoms with Crippen molar-refractivity contribution < 1.29 is 34.1 Å². The van der Waals surface area contributed by atoms with Crippen LogP contribution in [0.25, 0.3) is 0 Å².